The van der Waals surface area contributed by atoms with Crippen LogP contribution >= 0.6 is 15.9 Å². The molecule has 1 saturated carbocycles. The van der Waals surface area contributed by atoms with Crippen LogP contribution in [0.4, 0.5) is 0 Å². The van der Waals surface area contributed by atoms with E-state index in [1.54, 1.807) is 0 Å². The van der Waals surface area contributed by atoms with E-state index in [1.165, 1.54) is 7.11 Å². The Hall–Kier alpha value is -0.0500. The summed E-state index contributed by atoms with van der Waals surface area (Å²) in [4.78, 5) is 11.6. The van der Waals surface area contributed by atoms with Gasteiger partial charge in [0.2, 0.25) is 0 Å². The van der Waals surface area contributed by atoms with Crippen LogP contribution in [0.1, 0.15) is 19.8 Å². The van der Waals surface area contributed by atoms with Crippen LogP contribution in [0.2, 0.25) is 0 Å². The lowest BCUT2D eigenvalue weighted by Gasteiger charge is -2.10. The molecule has 0 aromatic rings. The van der Waals surface area contributed by atoms with Crippen LogP contribution in [0.5, 0.6) is 0 Å². The zero-order valence-electron chi connectivity index (χ0n) is 6.84. The highest BCUT2D eigenvalue weighted by atomic mass is 79.9. The highest BCUT2D eigenvalue weighted by Crippen LogP contribution is 2.36. The number of hydrogen-bond acceptors (Lipinski definition) is 2. The maximum absolute atomic E-state index is 11.1. The first kappa shape index (κ1) is 9.04. The van der Waals surface area contributed by atoms with Crippen LogP contribution in [-0.2, 0) is 9.53 Å². The summed E-state index contributed by atoms with van der Waals surface area (Å²) in [7, 11) is 1.45. The second kappa shape index (κ2) is 3.57. The molecule has 64 valence electrons. The molecule has 1 rings (SSSR count). The van der Waals surface area contributed by atoms with Crippen molar-refractivity contribution in [3.63, 3.8) is 0 Å². The van der Waals surface area contributed by atoms with Crippen molar-refractivity contribution in [1.29, 1.82) is 0 Å². The van der Waals surface area contributed by atoms with Crippen LogP contribution in [0.3, 0.4) is 0 Å². The van der Waals surface area contributed by atoms with Gasteiger partial charge in [0.25, 0.3) is 0 Å². The molecule has 0 bridgehead atoms. The van der Waals surface area contributed by atoms with E-state index < -0.39 is 0 Å². The van der Waals surface area contributed by atoms with Gasteiger partial charge in [0.05, 0.1) is 13.0 Å². The highest BCUT2D eigenvalue weighted by molar-refractivity contribution is 9.09. The molecule has 1 fully saturated rings. The SMILES string of the molecule is COC(=O)[C@H]1C[C@@H](Br)C[C@@H]1C. The molecular weight excluding hydrogens is 208 g/mol. The van der Waals surface area contributed by atoms with Gasteiger partial charge in [-0.05, 0) is 18.8 Å². The molecular formula is C8H13BrO2. The highest BCUT2D eigenvalue weighted by Gasteiger charge is 2.35. The van der Waals surface area contributed by atoms with Crippen molar-refractivity contribution in [1.82, 2.24) is 0 Å². The van der Waals surface area contributed by atoms with Crippen LogP contribution in [0.15, 0.2) is 0 Å². The second-order valence-electron chi connectivity index (χ2n) is 3.18. The predicted octanol–water partition coefficient (Wildman–Crippen LogP) is 1.97. The van der Waals surface area contributed by atoms with Crippen LogP contribution < -0.4 is 0 Å². The number of hydrogen-bond donors (Lipinski definition) is 0. The monoisotopic (exact) mass is 220 g/mol. The van der Waals surface area contributed by atoms with Gasteiger partial charge in [-0.15, -0.1) is 0 Å². The van der Waals surface area contributed by atoms with Crippen molar-refractivity contribution in [3.05, 3.63) is 0 Å². The molecule has 0 aromatic carbocycles. The van der Waals surface area contributed by atoms with Crippen molar-refractivity contribution in [2.24, 2.45) is 11.8 Å². The molecule has 0 spiro atoms. The molecule has 0 saturated heterocycles. The molecule has 3 heteroatoms. The Labute approximate surface area is 75.4 Å². The molecule has 0 heterocycles. The van der Waals surface area contributed by atoms with E-state index in [2.05, 4.69) is 22.9 Å². The van der Waals surface area contributed by atoms with E-state index in [0.29, 0.717) is 10.7 Å². The summed E-state index contributed by atoms with van der Waals surface area (Å²) in [6, 6.07) is 0. The Morgan fingerprint density at radius 2 is 2.18 bits per heavy atom. The van der Waals surface area contributed by atoms with Crippen LogP contribution in [-0.4, -0.2) is 17.9 Å². The zero-order chi connectivity index (χ0) is 8.43. The van der Waals surface area contributed by atoms with Crippen molar-refractivity contribution < 1.29 is 9.53 Å². The Bertz CT molecular complexity index is 158. The number of carbonyl (C=O) groups is 1. The Morgan fingerprint density at radius 3 is 2.55 bits per heavy atom. The number of carbonyl (C=O) groups excluding carboxylic acids is 1. The van der Waals surface area contributed by atoms with Gasteiger partial charge in [-0.3, -0.25) is 4.79 Å². The lowest BCUT2D eigenvalue weighted by molar-refractivity contribution is -0.146. The largest absolute Gasteiger partial charge is 0.469 e. The zero-order valence-corrected chi connectivity index (χ0v) is 8.43. The van der Waals surface area contributed by atoms with Gasteiger partial charge < -0.3 is 4.74 Å². The molecule has 0 N–H and O–H groups in total. The number of esters is 1. The average molecular weight is 221 g/mol. The van der Waals surface area contributed by atoms with E-state index in [9.17, 15) is 4.79 Å². The molecule has 0 amide bonds. The minimum atomic E-state index is -0.0561. The van der Waals surface area contributed by atoms with Gasteiger partial charge in [0, 0.05) is 4.83 Å². The lowest BCUT2D eigenvalue weighted by atomic mass is 9.99. The van der Waals surface area contributed by atoms with Gasteiger partial charge in [0.1, 0.15) is 0 Å². The first-order chi connectivity index (χ1) is 5.15. The standard InChI is InChI=1S/C8H13BrO2/c1-5-3-6(9)4-7(5)8(10)11-2/h5-7H,3-4H2,1-2H3/t5-,6-,7-/m0/s1. The molecule has 0 unspecified atom stereocenters. The molecule has 3 atom stereocenters. The van der Waals surface area contributed by atoms with Gasteiger partial charge in [-0.2, -0.15) is 0 Å². The maximum atomic E-state index is 11.1. The maximum Gasteiger partial charge on any atom is 0.308 e. The lowest BCUT2D eigenvalue weighted by Crippen LogP contribution is -2.18. The van der Waals surface area contributed by atoms with Gasteiger partial charge in [-0.1, -0.05) is 22.9 Å². The first-order valence-electron chi connectivity index (χ1n) is 3.87. The first-order valence-corrected chi connectivity index (χ1v) is 4.78. The number of ether oxygens (including phenoxy) is 1. The van der Waals surface area contributed by atoms with E-state index in [0.717, 1.165) is 12.8 Å². The Morgan fingerprint density at radius 1 is 1.55 bits per heavy atom. The molecule has 0 radical (unpaired) electrons. The smallest absolute Gasteiger partial charge is 0.308 e. The molecule has 2 nitrogen and oxygen atoms in total. The Balaban J connectivity index is 2.52. The third-order valence-electron chi connectivity index (χ3n) is 2.33. The minimum absolute atomic E-state index is 0.0561. The molecule has 0 aliphatic heterocycles. The fourth-order valence-electron chi connectivity index (χ4n) is 1.65. The summed E-state index contributed by atoms with van der Waals surface area (Å²) < 4.78 is 4.69. The van der Waals surface area contributed by atoms with E-state index in [4.69, 9.17) is 4.74 Å². The topological polar surface area (TPSA) is 26.3 Å². The molecule has 1 aliphatic carbocycles. The third-order valence-corrected chi connectivity index (χ3v) is 3.08. The second-order valence-corrected chi connectivity index (χ2v) is 4.47. The normalized spacial score (nSPS) is 37.2. The number of methoxy groups -OCH3 is 1. The summed E-state index contributed by atoms with van der Waals surface area (Å²) in [5.41, 5.74) is 0. The van der Waals surface area contributed by atoms with Gasteiger partial charge >= 0.3 is 5.97 Å². The summed E-state index contributed by atoms with van der Waals surface area (Å²) in [5.74, 6) is 0.524. The number of halogens is 1. The fraction of sp³-hybridized carbons (Fsp3) is 0.875. The van der Waals surface area contributed by atoms with Gasteiger partial charge in [0.15, 0.2) is 0 Å². The fourth-order valence-corrected chi connectivity index (χ4v) is 2.64. The summed E-state index contributed by atoms with van der Waals surface area (Å²) in [6.07, 6.45) is 2.01. The summed E-state index contributed by atoms with van der Waals surface area (Å²) in [5, 5.41) is 0. The number of alkyl halides is 1. The van der Waals surface area contributed by atoms with Crippen molar-refractivity contribution in [3.8, 4) is 0 Å². The quantitative estimate of drug-likeness (QED) is 0.499. The van der Waals surface area contributed by atoms with Crippen molar-refractivity contribution in [2.45, 2.75) is 24.6 Å². The molecule has 11 heavy (non-hydrogen) atoms. The summed E-state index contributed by atoms with van der Waals surface area (Å²) in [6.45, 7) is 2.10. The van der Waals surface area contributed by atoms with E-state index in [1.807, 2.05) is 0 Å². The average Bonchev–Trinajstić information content (AvgIpc) is 2.28. The van der Waals surface area contributed by atoms with Crippen LogP contribution in [0, 0.1) is 11.8 Å². The minimum Gasteiger partial charge on any atom is -0.469 e. The molecule has 0 aromatic heterocycles. The van der Waals surface area contributed by atoms with Gasteiger partial charge in [-0.25, -0.2) is 0 Å². The van der Waals surface area contributed by atoms with Crippen molar-refractivity contribution in [2.75, 3.05) is 7.11 Å². The van der Waals surface area contributed by atoms with E-state index >= 15 is 0 Å². The predicted molar refractivity (Wildman–Crippen MR) is 46.6 cm³/mol. The Kier molecular flexibility index (Phi) is 2.93. The third kappa shape index (κ3) is 1.95. The van der Waals surface area contributed by atoms with Crippen LogP contribution in [0.25, 0.3) is 0 Å². The molecule has 1 aliphatic rings. The summed E-state index contributed by atoms with van der Waals surface area (Å²) >= 11 is 3.51. The van der Waals surface area contributed by atoms with E-state index in [-0.39, 0.29) is 11.9 Å². The van der Waals surface area contributed by atoms with Crippen molar-refractivity contribution >= 4 is 21.9 Å². The number of rotatable bonds is 1.